The average molecular weight is 418 g/mol. The molecule has 1 aromatic carbocycles. The van der Waals surface area contributed by atoms with E-state index in [1.807, 2.05) is 0 Å². The smallest absolute Gasteiger partial charge is 0.191 e. The maximum Gasteiger partial charge on any atom is 0.191 e. The van der Waals surface area contributed by atoms with E-state index in [9.17, 15) is 0 Å². The SMILES string of the molecule is CCCN=C(NCC)NCCCCN(C)c1ccccc1.I. The topological polar surface area (TPSA) is 39.7 Å². The average Bonchev–Trinajstić information content (AvgIpc) is 2.52. The quantitative estimate of drug-likeness (QED) is 0.279. The Kier molecular flexibility index (Phi) is 13.1. The highest BCUT2D eigenvalue weighted by Gasteiger charge is 2.00. The Morgan fingerprint density at radius 3 is 2.45 bits per heavy atom. The molecule has 0 aliphatic heterocycles. The van der Waals surface area contributed by atoms with Crippen molar-refractivity contribution in [2.75, 3.05) is 38.1 Å². The molecule has 0 heterocycles. The number of rotatable bonds is 9. The van der Waals surface area contributed by atoms with E-state index in [0.29, 0.717) is 0 Å². The lowest BCUT2D eigenvalue weighted by atomic mass is 10.2. The molecule has 0 saturated heterocycles. The van der Waals surface area contributed by atoms with Gasteiger partial charge in [0, 0.05) is 38.9 Å². The molecule has 0 atom stereocenters. The first-order chi connectivity index (χ1) is 10.3. The van der Waals surface area contributed by atoms with Crippen molar-refractivity contribution in [2.45, 2.75) is 33.1 Å². The maximum absolute atomic E-state index is 4.50. The van der Waals surface area contributed by atoms with Crippen LogP contribution in [0.4, 0.5) is 5.69 Å². The van der Waals surface area contributed by atoms with Gasteiger partial charge in [-0.3, -0.25) is 4.99 Å². The fourth-order valence-electron chi connectivity index (χ4n) is 2.06. The number of hydrogen-bond acceptors (Lipinski definition) is 2. The second kappa shape index (κ2) is 13.7. The Balaban J connectivity index is 0.00000441. The van der Waals surface area contributed by atoms with Crippen LogP contribution in [0.2, 0.25) is 0 Å². The number of unbranched alkanes of at least 4 members (excludes halogenated alkanes) is 1. The minimum absolute atomic E-state index is 0. The second-order valence-electron chi connectivity index (χ2n) is 5.15. The van der Waals surface area contributed by atoms with E-state index < -0.39 is 0 Å². The number of anilines is 1. The molecule has 0 aromatic heterocycles. The summed E-state index contributed by atoms with van der Waals surface area (Å²) in [4.78, 5) is 6.80. The van der Waals surface area contributed by atoms with Crippen LogP contribution in [0.3, 0.4) is 0 Å². The van der Waals surface area contributed by atoms with E-state index in [-0.39, 0.29) is 24.0 Å². The van der Waals surface area contributed by atoms with Crippen LogP contribution in [0.15, 0.2) is 35.3 Å². The zero-order chi connectivity index (χ0) is 15.3. The van der Waals surface area contributed by atoms with Gasteiger partial charge in [0.2, 0.25) is 0 Å². The van der Waals surface area contributed by atoms with Crippen LogP contribution < -0.4 is 15.5 Å². The summed E-state index contributed by atoms with van der Waals surface area (Å²) in [5.41, 5.74) is 1.28. The summed E-state index contributed by atoms with van der Waals surface area (Å²) < 4.78 is 0. The van der Waals surface area contributed by atoms with Crippen LogP contribution in [0, 0.1) is 0 Å². The summed E-state index contributed by atoms with van der Waals surface area (Å²) in [5, 5.41) is 6.66. The van der Waals surface area contributed by atoms with Crippen molar-refractivity contribution in [3.63, 3.8) is 0 Å². The Morgan fingerprint density at radius 2 is 1.82 bits per heavy atom. The minimum atomic E-state index is 0. The number of guanidine groups is 1. The van der Waals surface area contributed by atoms with Gasteiger partial charge in [-0.1, -0.05) is 25.1 Å². The van der Waals surface area contributed by atoms with E-state index >= 15 is 0 Å². The number of benzene rings is 1. The highest BCUT2D eigenvalue weighted by Crippen LogP contribution is 2.11. The highest BCUT2D eigenvalue weighted by atomic mass is 127. The van der Waals surface area contributed by atoms with E-state index in [1.165, 1.54) is 12.1 Å². The predicted molar refractivity (Wildman–Crippen MR) is 109 cm³/mol. The molecule has 0 radical (unpaired) electrons. The molecule has 2 N–H and O–H groups in total. The Bertz CT molecular complexity index is 395. The summed E-state index contributed by atoms with van der Waals surface area (Å²) >= 11 is 0. The zero-order valence-corrected chi connectivity index (χ0v) is 16.5. The molecular formula is C17H31IN4. The van der Waals surface area contributed by atoms with E-state index in [1.54, 1.807) is 0 Å². The highest BCUT2D eigenvalue weighted by molar-refractivity contribution is 14.0. The first-order valence-corrected chi connectivity index (χ1v) is 8.06. The first-order valence-electron chi connectivity index (χ1n) is 8.06. The second-order valence-corrected chi connectivity index (χ2v) is 5.15. The number of hydrogen-bond donors (Lipinski definition) is 2. The fourth-order valence-corrected chi connectivity index (χ4v) is 2.06. The van der Waals surface area contributed by atoms with E-state index in [4.69, 9.17) is 0 Å². The van der Waals surface area contributed by atoms with Crippen LogP contribution in [0.25, 0.3) is 0 Å². The van der Waals surface area contributed by atoms with Crippen LogP contribution in [0.5, 0.6) is 0 Å². The van der Waals surface area contributed by atoms with Crippen LogP contribution in [-0.4, -0.2) is 39.2 Å². The lowest BCUT2D eigenvalue weighted by molar-refractivity contribution is 0.686. The molecular weight excluding hydrogens is 387 g/mol. The van der Waals surface area contributed by atoms with Crippen molar-refractivity contribution < 1.29 is 0 Å². The van der Waals surface area contributed by atoms with Crippen molar-refractivity contribution >= 4 is 35.6 Å². The molecule has 5 heteroatoms. The molecule has 1 rings (SSSR count). The number of nitrogens with one attached hydrogen (secondary N) is 2. The van der Waals surface area contributed by atoms with Crippen LogP contribution >= 0.6 is 24.0 Å². The number of aliphatic imine (C=N–C) groups is 1. The molecule has 0 amide bonds. The summed E-state index contributed by atoms with van der Waals surface area (Å²) in [5.74, 6) is 0.941. The maximum atomic E-state index is 4.50. The summed E-state index contributed by atoms with van der Waals surface area (Å²) in [6, 6.07) is 10.5. The molecule has 0 unspecified atom stereocenters. The molecule has 22 heavy (non-hydrogen) atoms. The predicted octanol–water partition coefficient (Wildman–Crippen LogP) is 3.49. The van der Waals surface area contributed by atoms with Crippen molar-refractivity contribution in [3.8, 4) is 0 Å². The lowest BCUT2D eigenvalue weighted by Gasteiger charge is -2.19. The zero-order valence-electron chi connectivity index (χ0n) is 14.1. The van der Waals surface area contributed by atoms with Gasteiger partial charge in [0.15, 0.2) is 5.96 Å². The normalized spacial score (nSPS) is 10.8. The molecule has 4 nitrogen and oxygen atoms in total. The van der Waals surface area contributed by atoms with Gasteiger partial charge in [0.25, 0.3) is 0 Å². The van der Waals surface area contributed by atoms with E-state index in [2.05, 4.69) is 71.8 Å². The lowest BCUT2D eigenvalue weighted by Crippen LogP contribution is -2.38. The van der Waals surface area contributed by atoms with Gasteiger partial charge in [-0.25, -0.2) is 0 Å². The third-order valence-electron chi connectivity index (χ3n) is 3.25. The van der Waals surface area contributed by atoms with Crippen LogP contribution in [-0.2, 0) is 0 Å². The molecule has 0 spiro atoms. The third kappa shape index (κ3) is 9.12. The van der Waals surface area contributed by atoms with Gasteiger partial charge >= 0.3 is 0 Å². The molecule has 0 aliphatic carbocycles. The Hall–Kier alpha value is -0.980. The number of para-hydroxylation sites is 1. The number of halogens is 1. The molecule has 126 valence electrons. The van der Waals surface area contributed by atoms with Gasteiger partial charge < -0.3 is 15.5 Å². The molecule has 1 aromatic rings. The summed E-state index contributed by atoms with van der Waals surface area (Å²) in [6.07, 6.45) is 3.40. The minimum Gasteiger partial charge on any atom is -0.375 e. The summed E-state index contributed by atoms with van der Waals surface area (Å²) in [7, 11) is 2.15. The van der Waals surface area contributed by atoms with Gasteiger partial charge in [0.1, 0.15) is 0 Å². The molecule has 0 fully saturated rings. The van der Waals surface area contributed by atoms with Crippen molar-refractivity contribution in [3.05, 3.63) is 30.3 Å². The Morgan fingerprint density at radius 1 is 1.09 bits per heavy atom. The summed E-state index contributed by atoms with van der Waals surface area (Å²) in [6.45, 7) is 8.08. The van der Waals surface area contributed by atoms with Gasteiger partial charge in [0.05, 0.1) is 0 Å². The first kappa shape index (κ1) is 21.0. The van der Waals surface area contributed by atoms with Crippen molar-refractivity contribution in [1.29, 1.82) is 0 Å². The van der Waals surface area contributed by atoms with Crippen LogP contribution in [0.1, 0.15) is 33.1 Å². The van der Waals surface area contributed by atoms with E-state index in [0.717, 1.165) is 45.0 Å². The largest absolute Gasteiger partial charge is 0.375 e. The van der Waals surface area contributed by atoms with Gasteiger partial charge in [-0.05, 0) is 38.3 Å². The van der Waals surface area contributed by atoms with Gasteiger partial charge in [-0.2, -0.15) is 0 Å². The number of nitrogens with zero attached hydrogens (tertiary/aromatic N) is 2. The molecule has 0 saturated carbocycles. The monoisotopic (exact) mass is 418 g/mol. The standard InChI is InChI=1S/C17H30N4.HI/c1-4-13-19-17(18-5-2)20-14-9-10-15-21(3)16-11-7-6-8-12-16;/h6-8,11-12H,4-5,9-10,13-15H2,1-3H3,(H2,18,19,20);1H. The van der Waals surface area contributed by atoms with Crippen molar-refractivity contribution in [2.24, 2.45) is 4.99 Å². The molecule has 0 bridgehead atoms. The molecule has 0 aliphatic rings. The fraction of sp³-hybridized carbons (Fsp3) is 0.588. The van der Waals surface area contributed by atoms with Crippen molar-refractivity contribution in [1.82, 2.24) is 10.6 Å². The third-order valence-corrected chi connectivity index (χ3v) is 3.25. The Labute approximate surface area is 152 Å². The van der Waals surface area contributed by atoms with Gasteiger partial charge in [-0.15, -0.1) is 24.0 Å².